The molecule has 152 valence electrons. The smallest absolute Gasteiger partial charge is 0.261 e. The van der Waals surface area contributed by atoms with Gasteiger partial charge in [0.2, 0.25) is 5.91 Å². The molecule has 3 aromatic rings. The average Bonchev–Trinajstić information content (AvgIpc) is 3.53. The van der Waals surface area contributed by atoms with Gasteiger partial charge in [0, 0.05) is 23.7 Å². The summed E-state index contributed by atoms with van der Waals surface area (Å²) in [5.41, 5.74) is 4.05. The van der Waals surface area contributed by atoms with Crippen molar-refractivity contribution in [1.29, 1.82) is 0 Å². The monoisotopic (exact) mass is 418 g/mol. The van der Waals surface area contributed by atoms with Gasteiger partial charge in [-0.2, -0.15) is 0 Å². The van der Waals surface area contributed by atoms with Crippen molar-refractivity contribution < 1.29 is 13.2 Å². The number of hydrogen-bond acceptors (Lipinski definition) is 3. The minimum absolute atomic E-state index is 0.149. The molecule has 1 N–H and O–H groups in total. The minimum atomic E-state index is -3.76. The van der Waals surface area contributed by atoms with Crippen molar-refractivity contribution in [3.63, 3.8) is 0 Å². The zero-order valence-corrected chi connectivity index (χ0v) is 17.2. The molecule has 0 spiro atoms. The lowest BCUT2D eigenvalue weighted by atomic mass is 10.0. The standard InChI is InChI=1S/C24H22N2O3S/c27-24(18-10-11-18)26-15-14-19-16-20(12-13-23(19)26)30(28,29)25-22-9-5-4-8-21(22)17-6-2-1-3-7-17/h1-9,12-13,16,18,25H,10-11,14-15H2. The second kappa shape index (κ2) is 7.29. The Balaban J connectivity index is 1.44. The first kappa shape index (κ1) is 18.9. The normalized spacial score (nSPS) is 15.7. The van der Waals surface area contributed by atoms with Crippen molar-refractivity contribution in [2.75, 3.05) is 16.2 Å². The van der Waals surface area contributed by atoms with E-state index < -0.39 is 10.0 Å². The molecule has 3 aromatic carbocycles. The van der Waals surface area contributed by atoms with Crippen molar-refractivity contribution in [1.82, 2.24) is 0 Å². The summed E-state index contributed by atoms with van der Waals surface area (Å²) in [5.74, 6) is 0.315. The Bertz CT molecular complexity index is 1220. The Morgan fingerprint density at radius 2 is 1.67 bits per heavy atom. The van der Waals surface area contributed by atoms with Crippen LogP contribution in [0.15, 0.2) is 77.7 Å². The van der Waals surface area contributed by atoms with Crippen molar-refractivity contribution >= 4 is 27.3 Å². The topological polar surface area (TPSA) is 66.5 Å². The number of nitrogens with zero attached hydrogens (tertiary/aromatic N) is 1. The minimum Gasteiger partial charge on any atom is -0.312 e. The van der Waals surface area contributed by atoms with Gasteiger partial charge in [-0.15, -0.1) is 0 Å². The van der Waals surface area contributed by atoms with Gasteiger partial charge in [0.05, 0.1) is 10.6 Å². The molecule has 30 heavy (non-hydrogen) atoms. The first-order valence-corrected chi connectivity index (χ1v) is 11.6. The Labute approximate surface area is 176 Å². The van der Waals surface area contributed by atoms with Gasteiger partial charge >= 0.3 is 0 Å². The van der Waals surface area contributed by atoms with E-state index in [0.29, 0.717) is 18.7 Å². The molecule has 0 bridgehead atoms. The van der Waals surface area contributed by atoms with Crippen molar-refractivity contribution in [3.05, 3.63) is 78.4 Å². The van der Waals surface area contributed by atoms with Crippen LogP contribution in [0.1, 0.15) is 18.4 Å². The molecule has 1 heterocycles. The summed E-state index contributed by atoms with van der Waals surface area (Å²) in [6, 6.07) is 22.1. The summed E-state index contributed by atoms with van der Waals surface area (Å²) in [4.78, 5) is 14.5. The van der Waals surface area contributed by atoms with Gasteiger partial charge in [0.15, 0.2) is 0 Å². The average molecular weight is 419 g/mol. The fourth-order valence-corrected chi connectivity index (χ4v) is 5.10. The van der Waals surface area contributed by atoms with Crippen LogP contribution in [0.25, 0.3) is 11.1 Å². The molecule has 0 aromatic heterocycles. The van der Waals surface area contributed by atoms with E-state index in [2.05, 4.69) is 4.72 Å². The molecule has 0 saturated heterocycles. The van der Waals surface area contributed by atoms with E-state index in [1.807, 2.05) is 53.4 Å². The van der Waals surface area contributed by atoms with Crippen LogP contribution in [0.2, 0.25) is 0 Å². The van der Waals surface area contributed by atoms with Crippen molar-refractivity contribution in [3.8, 4) is 11.1 Å². The van der Waals surface area contributed by atoms with Crippen LogP contribution in [0.5, 0.6) is 0 Å². The number of amides is 1. The fraction of sp³-hybridized carbons (Fsp3) is 0.208. The molecule has 1 aliphatic heterocycles. The van der Waals surface area contributed by atoms with E-state index in [-0.39, 0.29) is 16.7 Å². The number of anilines is 2. The lowest BCUT2D eigenvalue weighted by molar-refractivity contribution is -0.119. The van der Waals surface area contributed by atoms with E-state index in [9.17, 15) is 13.2 Å². The number of benzene rings is 3. The molecule has 0 atom stereocenters. The molecule has 0 radical (unpaired) electrons. The molecule has 1 aliphatic carbocycles. The third-order valence-electron chi connectivity index (χ3n) is 5.71. The summed E-state index contributed by atoms with van der Waals surface area (Å²) in [5, 5.41) is 0. The predicted octanol–water partition coefficient (Wildman–Crippen LogP) is 4.45. The number of fused-ring (bicyclic) bond motifs is 1. The zero-order chi connectivity index (χ0) is 20.7. The predicted molar refractivity (Wildman–Crippen MR) is 118 cm³/mol. The van der Waals surface area contributed by atoms with Crippen LogP contribution in [0.4, 0.5) is 11.4 Å². The molecular formula is C24H22N2O3S. The first-order valence-electron chi connectivity index (χ1n) is 10.1. The summed E-state index contributed by atoms with van der Waals surface area (Å²) in [6.07, 6.45) is 2.60. The highest BCUT2D eigenvalue weighted by Crippen LogP contribution is 2.37. The van der Waals surface area contributed by atoms with Gasteiger partial charge in [-0.05, 0) is 54.7 Å². The zero-order valence-electron chi connectivity index (χ0n) is 16.4. The number of rotatable bonds is 5. The quantitative estimate of drug-likeness (QED) is 0.666. The summed E-state index contributed by atoms with van der Waals surface area (Å²) < 4.78 is 29.0. The van der Waals surface area contributed by atoms with Gasteiger partial charge in [-0.1, -0.05) is 48.5 Å². The van der Waals surface area contributed by atoms with E-state index in [4.69, 9.17) is 0 Å². The van der Waals surface area contributed by atoms with Gasteiger partial charge in [0.25, 0.3) is 10.0 Å². The van der Waals surface area contributed by atoms with Crippen molar-refractivity contribution in [2.45, 2.75) is 24.2 Å². The molecular weight excluding hydrogens is 396 g/mol. The molecule has 5 rings (SSSR count). The molecule has 6 heteroatoms. The van der Waals surface area contributed by atoms with Gasteiger partial charge in [0.1, 0.15) is 0 Å². The van der Waals surface area contributed by atoms with Crippen LogP contribution >= 0.6 is 0 Å². The number of nitrogens with one attached hydrogen (secondary N) is 1. The van der Waals surface area contributed by atoms with Crippen LogP contribution in [0.3, 0.4) is 0 Å². The maximum Gasteiger partial charge on any atom is 0.261 e. The molecule has 5 nitrogen and oxygen atoms in total. The SMILES string of the molecule is O=C(C1CC1)N1CCc2cc(S(=O)(=O)Nc3ccccc3-c3ccccc3)ccc21. The molecule has 1 fully saturated rings. The van der Waals surface area contributed by atoms with E-state index in [1.165, 1.54) is 0 Å². The summed E-state index contributed by atoms with van der Waals surface area (Å²) in [6.45, 7) is 0.623. The maximum absolute atomic E-state index is 13.1. The number of sulfonamides is 1. The summed E-state index contributed by atoms with van der Waals surface area (Å²) in [7, 11) is -3.76. The lowest BCUT2D eigenvalue weighted by Crippen LogP contribution is -2.30. The maximum atomic E-state index is 13.1. The third kappa shape index (κ3) is 3.48. The summed E-state index contributed by atoms with van der Waals surface area (Å²) >= 11 is 0. The van der Waals surface area contributed by atoms with Gasteiger partial charge in [-0.3, -0.25) is 9.52 Å². The van der Waals surface area contributed by atoms with Crippen molar-refractivity contribution in [2.24, 2.45) is 5.92 Å². The number of hydrogen-bond donors (Lipinski definition) is 1. The van der Waals surface area contributed by atoms with Crippen LogP contribution < -0.4 is 9.62 Å². The Morgan fingerprint density at radius 3 is 2.43 bits per heavy atom. The molecule has 2 aliphatic rings. The van der Waals surface area contributed by atoms with E-state index >= 15 is 0 Å². The van der Waals surface area contributed by atoms with E-state index in [0.717, 1.165) is 35.2 Å². The van der Waals surface area contributed by atoms with E-state index in [1.54, 1.807) is 24.3 Å². The lowest BCUT2D eigenvalue weighted by Gasteiger charge is -2.17. The van der Waals surface area contributed by atoms with Crippen LogP contribution in [-0.2, 0) is 21.2 Å². The Hall–Kier alpha value is -3.12. The second-order valence-electron chi connectivity index (χ2n) is 7.82. The van der Waals surface area contributed by atoms with Crippen LogP contribution in [0, 0.1) is 5.92 Å². The second-order valence-corrected chi connectivity index (χ2v) is 9.50. The number of carbonyl (C=O) groups is 1. The Morgan fingerprint density at radius 1 is 0.933 bits per heavy atom. The fourth-order valence-electron chi connectivity index (χ4n) is 3.97. The highest BCUT2D eigenvalue weighted by Gasteiger charge is 2.36. The van der Waals surface area contributed by atoms with Gasteiger partial charge in [-0.25, -0.2) is 8.42 Å². The molecule has 1 saturated carbocycles. The highest BCUT2D eigenvalue weighted by molar-refractivity contribution is 7.92. The number of para-hydroxylation sites is 1. The first-order chi connectivity index (χ1) is 14.5. The number of carbonyl (C=O) groups excluding carboxylic acids is 1. The third-order valence-corrected chi connectivity index (χ3v) is 7.07. The molecule has 1 amide bonds. The van der Waals surface area contributed by atoms with Gasteiger partial charge < -0.3 is 4.90 Å². The molecule has 0 unspecified atom stereocenters. The van der Waals surface area contributed by atoms with Crippen LogP contribution in [-0.4, -0.2) is 20.9 Å². The highest BCUT2D eigenvalue weighted by atomic mass is 32.2. The Kier molecular flexibility index (Phi) is 4.59. The largest absolute Gasteiger partial charge is 0.312 e.